The lowest BCUT2D eigenvalue weighted by Crippen LogP contribution is -2.32. The highest BCUT2D eigenvalue weighted by Gasteiger charge is 2.14. The minimum atomic E-state index is 0.245. The molecule has 0 spiro atoms. The third-order valence-corrected chi connectivity index (χ3v) is 3.17. The zero-order valence-corrected chi connectivity index (χ0v) is 10.2. The Bertz CT molecular complexity index is 332. The SMILES string of the molecule is Cc1ccc(C2C=NC(I)NC2)cc1. The molecule has 2 unspecified atom stereocenters. The van der Waals surface area contributed by atoms with E-state index in [1.807, 2.05) is 0 Å². The topological polar surface area (TPSA) is 24.4 Å². The summed E-state index contributed by atoms with van der Waals surface area (Å²) in [5.74, 6) is 0.432. The molecule has 0 radical (unpaired) electrons. The summed E-state index contributed by atoms with van der Waals surface area (Å²) in [6.45, 7) is 3.10. The summed E-state index contributed by atoms with van der Waals surface area (Å²) >= 11 is 2.28. The Kier molecular flexibility index (Phi) is 3.18. The van der Waals surface area contributed by atoms with Crippen LogP contribution >= 0.6 is 22.6 Å². The summed E-state index contributed by atoms with van der Waals surface area (Å²) < 4.78 is 0.245. The lowest BCUT2D eigenvalue weighted by molar-refractivity contribution is 0.635. The monoisotopic (exact) mass is 300 g/mol. The van der Waals surface area contributed by atoms with Crippen LogP contribution in [-0.2, 0) is 0 Å². The number of alkyl halides is 1. The highest BCUT2D eigenvalue weighted by Crippen LogP contribution is 2.17. The molecular weight excluding hydrogens is 287 g/mol. The molecule has 0 saturated heterocycles. The van der Waals surface area contributed by atoms with Crippen molar-refractivity contribution in [2.75, 3.05) is 6.54 Å². The van der Waals surface area contributed by atoms with E-state index in [2.05, 4.69) is 70.3 Å². The fourth-order valence-corrected chi connectivity index (χ4v) is 1.97. The zero-order valence-electron chi connectivity index (χ0n) is 8.07. The highest BCUT2D eigenvalue weighted by atomic mass is 127. The number of hydrogen-bond donors (Lipinski definition) is 1. The van der Waals surface area contributed by atoms with Gasteiger partial charge in [0.15, 0.2) is 4.17 Å². The molecule has 14 heavy (non-hydrogen) atoms. The average molecular weight is 300 g/mol. The fourth-order valence-electron chi connectivity index (χ4n) is 1.53. The second-order valence-corrected chi connectivity index (χ2v) is 4.74. The third kappa shape index (κ3) is 2.33. The average Bonchev–Trinajstić information content (AvgIpc) is 2.21. The van der Waals surface area contributed by atoms with Crippen LogP contribution in [0.4, 0.5) is 0 Å². The van der Waals surface area contributed by atoms with Gasteiger partial charge in [0.2, 0.25) is 0 Å². The van der Waals surface area contributed by atoms with Crippen molar-refractivity contribution in [3.05, 3.63) is 35.4 Å². The summed E-state index contributed by atoms with van der Waals surface area (Å²) in [4.78, 5) is 4.36. The van der Waals surface area contributed by atoms with Crippen molar-refractivity contribution in [2.24, 2.45) is 4.99 Å². The van der Waals surface area contributed by atoms with Gasteiger partial charge >= 0.3 is 0 Å². The van der Waals surface area contributed by atoms with Crippen LogP contribution in [0.25, 0.3) is 0 Å². The summed E-state index contributed by atoms with van der Waals surface area (Å²) in [5, 5.41) is 3.33. The Morgan fingerprint density at radius 1 is 1.36 bits per heavy atom. The predicted octanol–water partition coefficient (Wildman–Crippen LogP) is 2.47. The normalized spacial score (nSPS) is 26.4. The molecule has 1 aromatic rings. The highest BCUT2D eigenvalue weighted by molar-refractivity contribution is 14.1. The molecule has 1 aliphatic rings. The van der Waals surface area contributed by atoms with E-state index < -0.39 is 0 Å². The molecule has 74 valence electrons. The van der Waals surface area contributed by atoms with Gasteiger partial charge in [-0.3, -0.25) is 10.3 Å². The van der Waals surface area contributed by atoms with Crippen LogP contribution < -0.4 is 5.32 Å². The molecule has 0 saturated carbocycles. The number of hydrogen-bond acceptors (Lipinski definition) is 2. The number of nitrogens with zero attached hydrogens (tertiary/aromatic N) is 1. The molecule has 0 fully saturated rings. The van der Waals surface area contributed by atoms with Gasteiger partial charge in [0.25, 0.3) is 0 Å². The first-order chi connectivity index (χ1) is 6.75. The summed E-state index contributed by atoms with van der Waals surface area (Å²) in [7, 11) is 0. The second-order valence-electron chi connectivity index (χ2n) is 3.56. The Labute approximate surface area is 98.0 Å². The Balaban J connectivity index is 2.16. The van der Waals surface area contributed by atoms with E-state index in [0.717, 1.165) is 6.54 Å². The molecule has 1 aliphatic heterocycles. The van der Waals surface area contributed by atoms with Crippen molar-refractivity contribution in [1.29, 1.82) is 0 Å². The van der Waals surface area contributed by atoms with Gasteiger partial charge in [-0.1, -0.05) is 29.8 Å². The molecule has 0 bridgehead atoms. The molecule has 0 amide bonds. The van der Waals surface area contributed by atoms with Crippen LogP contribution in [0.5, 0.6) is 0 Å². The van der Waals surface area contributed by atoms with Crippen molar-refractivity contribution in [1.82, 2.24) is 5.32 Å². The molecule has 1 aromatic carbocycles. The Morgan fingerprint density at radius 3 is 2.64 bits per heavy atom. The maximum Gasteiger partial charge on any atom is 0.151 e. The van der Waals surface area contributed by atoms with Crippen molar-refractivity contribution < 1.29 is 0 Å². The largest absolute Gasteiger partial charge is 0.287 e. The van der Waals surface area contributed by atoms with Crippen LogP contribution in [0.3, 0.4) is 0 Å². The molecule has 1 N–H and O–H groups in total. The Hall–Kier alpha value is -0.420. The first-order valence-electron chi connectivity index (χ1n) is 4.73. The van der Waals surface area contributed by atoms with Crippen molar-refractivity contribution in [2.45, 2.75) is 17.0 Å². The molecule has 2 nitrogen and oxygen atoms in total. The van der Waals surface area contributed by atoms with Gasteiger partial charge in [-0.25, -0.2) is 0 Å². The van der Waals surface area contributed by atoms with Crippen molar-refractivity contribution in [3.63, 3.8) is 0 Å². The summed E-state index contributed by atoms with van der Waals surface area (Å²) in [6.07, 6.45) is 2.05. The van der Waals surface area contributed by atoms with E-state index in [-0.39, 0.29) is 4.17 Å². The van der Waals surface area contributed by atoms with Gasteiger partial charge in [-0.05, 0) is 35.1 Å². The Morgan fingerprint density at radius 2 is 2.07 bits per heavy atom. The van der Waals surface area contributed by atoms with Crippen LogP contribution in [-0.4, -0.2) is 16.9 Å². The van der Waals surface area contributed by atoms with E-state index in [0.29, 0.717) is 5.92 Å². The summed E-state index contributed by atoms with van der Waals surface area (Å²) in [5.41, 5.74) is 2.65. The standard InChI is InChI=1S/C11H13IN2/c1-8-2-4-9(5-3-8)10-6-13-11(12)14-7-10/h2-6,10-11,14H,7H2,1H3. The number of aliphatic imine (C=N–C) groups is 1. The minimum absolute atomic E-state index is 0.245. The van der Waals surface area contributed by atoms with E-state index in [9.17, 15) is 0 Å². The first-order valence-corrected chi connectivity index (χ1v) is 5.97. The van der Waals surface area contributed by atoms with Gasteiger partial charge in [0, 0.05) is 18.7 Å². The predicted molar refractivity (Wildman–Crippen MR) is 68.2 cm³/mol. The van der Waals surface area contributed by atoms with Crippen LogP contribution in [0.2, 0.25) is 0 Å². The molecular formula is C11H13IN2. The number of aryl methyl sites for hydroxylation is 1. The van der Waals surface area contributed by atoms with Crippen LogP contribution in [0, 0.1) is 6.92 Å². The first kappa shape index (κ1) is 10.1. The lowest BCUT2D eigenvalue weighted by atomic mass is 9.99. The van der Waals surface area contributed by atoms with Gasteiger partial charge < -0.3 is 0 Å². The summed E-state index contributed by atoms with van der Waals surface area (Å²) in [6, 6.07) is 8.67. The molecule has 3 heteroatoms. The van der Waals surface area contributed by atoms with Crippen molar-refractivity contribution >= 4 is 28.8 Å². The van der Waals surface area contributed by atoms with E-state index in [1.54, 1.807) is 0 Å². The molecule has 1 heterocycles. The van der Waals surface area contributed by atoms with Crippen molar-refractivity contribution in [3.8, 4) is 0 Å². The maximum absolute atomic E-state index is 4.36. The van der Waals surface area contributed by atoms with Crippen LogP contribution in [0.15, 0.2) is 29.3 Å². The zero-order chi connectivity index (χ0) is 9.97. The number of nitrogens with one attached hydrogen (secondary N) is 1. The fraction of sp³-hybridized carbons (Fsp3) is 0.364. The smallest absolute Gasteiger partial charge is 0.151 e. The van der Waals surface area contributed by atoms with Gasteiger partial charge in [0.05, 0.1) is 0 Å². The minimum Gasteiger partial charge on any atom is -0.287 e. The molecule has 0 aliphatic carbocycles. The molecule has 2 atom stereocenters. The number of halogens is 1. The lowest BCUT2D eigenvalue weighted by Gasteiger charge is -2.20. The number of benzene rings is 1. The molecule has 2 rings (SSSR count). The van der Waals surface area contributed by atoms with E-state index >= 15 is 0 Å². The third-order valence-electron chi connectivity index (χ3n) is 2.41. The van der Waals surface area contributed by atoms with Gasteiger partial charge in [-0.2, -0.15) is 0 Å². The quantitative estimate of drug-likeness (QED) is 0.481. The van der Waals surface area contributed by atoms with Gasteiger partial charge in [-0.15, -0.1) is 0 Å². The second kappa shape index (κ2) is 4.40. The van der Waals surface area contributed by atoms with E-state index in [4.69, 9.17) is 0 Å². The number of rotatable bonds is 1. The maximum atomic E-state index is 4.36. The van der Waals surface area contributed by atoms with E-state index in [1.165, 1.54) is 11.1 Å². The van der Waals surface area contributed by atoms with Gasteiger partial charge in [0.1, 0.15) is 0 Å². The molecule has 0 aromatic heterocycles. The van der Waals surface area contributed by atoms with Crippen LogP contribution in [0.1, 0.15) is 17.0 Å².